The van der Waals surface area contributed by atoms with Crippen LogP contribution >= 0.6 is 0 Å². The number of carbonyl (C=O) groups excluding carboxylic acids is 1. The Hall–Kier alpha value is -3.17. The number of hydrogen-bond donors (Lipinski definition) is 1. The predicted molar refractivity (Wildman–Crippen MR) is 105 cm³/mol. The summed E-state index contributed by atoms with van der Waals surface area (Å²) in [4.78, 5) is 26.8. The van der Waals surface area contributed by atoms with Crippen LogP contribution in [0.3, 0.4) is 0 Å². The maximum atomic E-state index is 11.6. The third-order valence-corrected chi connectivity index (χ3v) is 4.79. The van der Waals surface area contributed by atoms with Gasteiger partial charge in [-0.1, -0.05) is 5.16 Å². The molecule has 0 saturated carbocycles. The second-order valence-electron chi connectivity index (χ2n) is 6.85. The molecule has 1 aliphatic heterocycles. The van der Waals surface area contributed by atoms with E-state index in [0.717, 1.165) is 31.5 Å². The molecule has 9 heteroatoms. The molecule has 1 atom stereocenters. The summed E-state index contributed by atoms with van der Waals surface area (Å²) in [5.74, 6) is 1.28. The molecule has 0 aromatic carbocycles. The van der Waals surface area contributed by atoms with Crippen molar-refractivity contribution in [1.82, 2.24) is 25.0 Å². The van der Waals surface area contributed by atoms with Crippen molar-refractivity contribution in [3.05, 3.63) is 54.3 Å². The standard InChI is InChI=1S/C20H22N6O3/c1-28-13-18(27)23-17-5-4-15(11-22-17)19-24-20(29-25-19)16-3-2-10-26(16)12-14-6-8-21-9-7-14/h4-9,11,16H,2-3,10,12-13H2,1H3,(H,22,23,27). The van der Waals surface area contributed by atoms with E-state index >= 15 is 0 Å². The summed E-state index contributed by atoms with van der Waals surface area (Å²) in [6.45, 7) is 1.79. The summed E-state index contributed by atoms with van der Waals surface area (Å²) >= 11 is 0. The highest BCUT2D eigenvalue weighted by Gasteiger charge is 2.30. The second-order valence-corrected chi connectivity index (χ2v) is 6.85. The predicted octanol–water partition coefficient (Wildman–Crippen LogP) is 2.45. The van der Waals surface area contributed by atoms with Crippen molar-refractivity contribution in [1.29, 1.82) is 0 Å². The molecule has 3 aromatic heterocycles. The van der Waals surface area contributed by atoms with Gasteiger partial charge >= 0.3 is 0 Å². The van der Waals surface area contributed by atoms with E-state index in [9.17, 15) is 4.79 Å². The molecular formula is C20H22N6O3. The van der Waals surface area contributed by atoms with Gasteiger partial charge in [-0.3, -0.25) is 14.7 Å². The van der Waals surface area contributed by atoms with Gasteiger partial charge in [-0.25, -0.2) is 4.98 Å². The van der Waals surface area contributed by atoms with Crippen LogP contribution in [-0.4, -0.2) is 51.2 Å². The van der Waals surface area contributed by atoms with E-state index in [4.69, 9.17) is 9.26 Å². The maximum Gasteiger partial charge on any atom is 0.251 e. The van der Waals surface area contributed by atoms with Gasteiger partial charge in [0.15, 0.2) is 0 Å². The minimum atomic E-state index is -0.259. The first-order chi connectivity index (χ1) is 14.2. The molecule has 0 spiro atoms. The number of carbonyl (C=O) groups is 1. The zero-order valence-corrected chi connectivity index (χ0v) is 16.1. The van der Waals surface area contributed by atoms with Gasteiger partial charge in [0, 0.05) is 37.8 Å². The second kappa shape index (κ2) is 8.89. The summed E-state index contributed by atoms with van der Waals surface area (Å²) in [6.07, 6.45) is 7.29. The number of anilines is 1. The van der Waals surface area contributed by atoms with Crippen molar-refractivity contribution in [3.63, 3.8) is 0 Å². The van der Waals surface area contributed by atoms with Gasteiger partial charge in [-0.05, 0) is 49.2 Å². The molecule has 9 nitrogen and oxygen atoms in total. The SMILES string of the molecule is COCC(=O)Nc1ccc(-c2noc(C3CCCN3Cc3ccncc3)n2)cn1. The monoisotopic (exact) mass is 394 g/mol. The first kappa shape index (κ1) is 19.2. The molecule has 1 fully saturated rings. The summed E-state index contributed by atoms with van der Waals surface area (Å²) in [5.41, 5.74) is 1.94. The first-order valence-electron chi connectivity index (χ1n) is 9.44. The fraction of sp³-hybridized carbons (Fsp3) is 0.350. The summed E-state index contributed by atoms with van der Waals surface area (Å²) in [5, 5.41) is 6.77. The molecule has 1 unspecified atom stereocenters. The Bertz CT molecular complexity index is 944. The van der Waals surface area contributed by atoms with Crippen molar-refractivity contribution >= 4 is 11.7 Å². The molecule has 0 radical (unpaired) electrons. The zero-order valence-electron chi connectivity index (χ0n) is 16.1. The minimum absolute atomic E-state index is 0.0188. The fourth-order valence-electron chi connectivity index (χ4n) is 3.42. The average molecular weight is 394 g/mol. The third kappa shape index (κ3) is 4.64. The van der Waals surface area contributed by atoms with E-state index in [-0.39, 0.29) is 18.6 Å². The number of pyridine rings is 2. The Morgan fingerprint density at radius 3 is 2.93 bits per heavy atom. The van der Waals surface area contributed by atoms with Crippen molar-refractivity contribution in [2.75, 3.05) is 25.6 Å². The molecule has 3 aromatic rings. The molecule has 4 heterocycles. The number of likely N-dealkylation sites (tertiary alicyclic amines) is 1. The highest BCUT2D eigenvalue weighted by atomic mass is 16.5. The van der Waals surface area contributed by atoms with Gasteiger partial charge in [-0.15, -0.1) is 0 Å². The highest BCUT2D eigenvalue weighted by Crippen LogP contribution is 2.33. The highest BCUT2D eigenvalue weighted by molar-refractivity contribution is 5.90. The van der Waals surface area contributed by atoms with E-state index in [2.05, 4.69) is 30.3 Å². The Morgan fingerprint density at radius 1 is 1.31 bits per heavy atom. The number of amides is 1. The lowest BCUT2D eigenvalue weighted by Gasteiger charge is -2.21. The van der Waals surface area contributed by atoms with Crippen molar-refractivity contribution < 1.29 is 14.1 Å². The number of rotatable bonds is 7. The van der Waals surface area contributed by atoms with Crippen LogP contribution in [0.5, 0.6) is 0 Å². The average Bonchev–Trinajstić information content (AvgIpc) is 3.39. The van der Waals surface area contributed by atoms with Crippen LogP contribution in [0.25, 0.3) is 11.4 Å². The van der Waals surface area contributed by atoms with E-state index in [1.165, 1.54) is 12.7 Å². The Labute approximate surface area is 168 Å². The number of ether oxygens (including phenoxy) is 1. The van der Waals surface area contributed by atoms with Crippen LogP contribution in [0.4, 0.5) is 5.82 Å². The molecule has 0 aliphatic carbocycles. The Balaban J connectivity index is 1.44. The topological polar surface area (TPSA) is 106 Å². The van der Waals surface area contributed by atoms with Crippen LogP contribution in [0.2, 0.25) is 0 Å². The molecule has 1 saturated heterocycles. The Morgan fingerprint density at radius 2 is 2.17 bits per heavy atom. The van der Waals surface area contributed by atoms with Gasteiger partial charge in [0.05, 0.1) is 6.04 Å². The maximum absolute atomic E-state index is 11.6. The number of nitrogens with one attached hydrogen (secondary N) is 1. The summed E-state index contributed by atoms with van der Waals surface area (Å²) < 4.78 is 10.4. The normalized spacial score (nSPS) is 16.8. The number of methoxy groups -OCH3 is 1. The molecule has 1 N–H and O–H groups in total. The molecular weight excluding hydrogens is 372 g/mol. The molecule has 29 heavy (non-hydrogen) atoms. The molecule has 4 rings (SSSR count). The summed E-state index contributed by atoms with van der Waals surface area (Å²) in [7, 11) is 1.46. The molecule has 1 amide bonds. The van der Waals surface area contributed by atoms with Gasteiger partial charge in [0.2, 0.25) is 11.7 Å². The van der Waals surface area contributed by atoms with Crippen LogP contribution in [0, 0.1) is 0 Å². The van der Waals surface area contributed by atoms with E-state index in [0.29, 0.717) is 17.5 Å². The van der Waals surface area contributed by atoms with Gasteiger partial charge in [0.25, 0.3) is 5.91 Å². The number of hydrogen-bond acceptors (Lipinski definition) is 8. The zero-order chi connectivity index (χ0) is 20.1. The molecule has 1 aliphatic rings. The van der Waals surface area contributed by atoms with Crippen molar-refractivity contribution in [2.45, 2.75) is 25.4 Å². The lowest BCUT2D eigenvalue weighted by molar-refractivity contribution is -0.119. The van der Waals surface area contributed by atoms with Crippen LogP contribution in [0.15, 0.2) is 47.4 Å². The van der Waals surface area contributed by atoms with Gasteiger partial charge < -0.3 is 14.6 Å². The quantitative estimate of drug-likeness (QED) is 0.651. The first-order valence-corrected chi connectivity index (χ1v) is 9.44. The molecule has 150 valence electrons. The van der Waals surface area contributed by atoms with E-state index in [1.807, 2.05) is 12.1 Å². The van der Waals surface area contributed by atoms with Crippen molar-refractivity contribution in [2.24, 2.45) is 0 Å². The van der Waals surface area contributed by atoms with Gasteiger partial charge in [0.1, 0.15) is 12.4 Å². The Kier molecular flexibility index (Phi) is 5.87. The largest absolute Gasteiger partial charge is 0.375 e. The summed E-state index contributed by atoms with van der Waals surface area (Å²) in [6, 6.07) is 7.64. The molecule has 0 bridgehead atoms. The van der Waals surface area contributed by atoms with E-state index < -0.39 is 0 Å². The lowest BCUT2D eigenvalue weighted by atomic mass is 10.2. The fourth-order valence-corrected chi connectivity index (χ4v) is 3.42. The van der Waals surface area contributed by atoms with Crippen LogP contribution in [-0.2, 0) is 16.1 Å². The number of aromatic nitrogens is 4. The van der Waals surface area contributed by atoms with Gasteiger partial charge in [-0.2, -0.15) is 4.98 Å². The minimum Gasteiger partial charge on any atom is -0.375 e. The number of nitrogens with zero attached hydrogens (tertiary/aromatic N) is 5. The van der Waals surface area contributed by atoms with Crippen LogP contribution < -0.4 is 5.32 Å². The third-order valence-electron chi connectivity index (χ3n) is 4.79. The lowest BCUT2D eigenvalue weighted by Crippen LogP contribution is -2.23. The smallest absolute Gasteiger partial charge is 0.251 e. The van der Waals surface area contributed by atoms with Crippen LogP contribution in [0.1, 0.15) is 30.3 Å². The van der Waals surface area contributed by atoms with Crippen molar-refractivity contribution in [3.8, 4) is 11.4 Å². The van der Waals surface area contributed by atoms with E-state index in [1.54, 1.807) is 30.7 Å².